The van der Waals surface area contributed by atoms with Gasteiger partial charge in [-0.3, -0.25) is 9.59 Å². The van der Waals surface area contributed by atoms with Crippen molar-refractivity contribution < 1.29 is 38.2 Å². The van der Waals surface area contributed by atoms with E-state index in [1.165, 1.54) is 14.3 Å². The van der Waals surface area contributed by atoms with Gasteiger partial charge in [0.1, 0.15) is 16.8 Å². The summed E-state index contributed by atoms with van der Waals surface area (Å²) in [5.41, 5.74) is -0.462. The number of nitrogens with one attached hydrogen (secondary N) is 2. The number of rotatable bonds is 10. The van der Waals surface area contributed by atoms with Gasteiger partial charge in [0.15, 0.2) is 5.65 Å². The second kappa shape index (κ2) is 18.7. The molecule has 0 aliphatic carbocycles. The number of benzene rings is 2. The molecule has 17 heteroatoms. The highest BCUT2D eigenvalue weighted by atomic mass is 16.6. The number of ether oxygens (including phenoxy) is 3. The highest BCUT2D eigenvalue weighted by Gasteiger charge is 2.44. The normalized spacial score (nSPS) is 15.3. The number of amides is 5. The Morgan fingerprint density at radius 3 is 2.08 bits per heavy atom. The standard InChI is InChI=1S/C47H63N9O8/c1-15-36(57)49-33-21-17-19-31(25-33)38(58)50-32-20-16-18-30(24-32)27-53(41(59)62-44(4,5)6)40-52-39(51-37-35(29(2)3)26-48-56(37)40)55(43(61)64-46(10,11)12)34-22-23-47(13,14)54(28-34)42(60)63-45(7,8)9/h15-21,24-26,29,34H,1,22-23,27-28H2,2-14H3,(H,49,57)(H,50,58)/t34-/m0/s1. The summed E-state index contributed by atoms with van der Waals surface area (Å²) in [4.78, 5) is 82.3. The first-order valence-corrected chi connectivity index (χ1v) is 21.4. The summed E-state index contributed by atoms with van der Waals surface area (Å²) >= 11 is 0. The molecule has 2 N–H and O–H groups in total. The van der Waals surface area contributed by atoms with Crippen LogP contribution in [0.4, 0.5) is 37.7 Å². The van der Waals surface area contributed by atoms with Crippen molar-refractivity contribution in [3.8, 4) is 0 Å². The van der Waals surface area contributed by atoms with Gasteiger partial charge in [0.2, 0.25) is 17.8 Å². The summed E-state index contributed by atoms with van der Waals surface area (Å²) in [7, 11) is 0. The molecule has 1 saturated heterocycles. The van der Waals surface area contributed by atoms with Crippen LogP contribution in [0.1, 0.15) is 130 Å². The molecule has 0 saturated carbocycles. The molecule has 5 rings (SSSR count). The minimum absolute atomic E-state index is 0.0114. The topological polar surface area (TPSA) is 190 Å². The lowest BCUT2D eigenvalue weighted by atomic mass is 9.88. The van der Waals surface area contributed by atoms with Crippen LogP contribution in [0.3, 0.4) is 0 Å². The Kier molecular flexibility index (Phi) is 14.2. The van der Waals surface area contributed by atoms with Gasteiger partial charge in [0.25, 0.3) is 5.91 Å². The number of carbonyl (C=O) groups is 5. The van der Waals surface area contributed by atoms with E-state index >= 15 is 0 Å². The summed E-state index contributed by atoms with van der Waals surface area (Å²) in [6.07, 6.45) is 1.69. The van der Waals surface area contributed by atoms with Crippen molar-refractivity contribution in [2.45, 2.75) is 144 Å². The van der Waals surface area contributed by atoms with Gasteiger partial charge in [0, 0.05) is 34.6 Å². The van der Waals surface area contributed by atoms with Gasteiger partial charge < -0.3 is 29.7 Å². The van der Waals surface area contributed by atoms with E-state index in [0.29, 0.717) is 41.0 Å². The van der Waals surface area contributed by atoms with Gasteiger partial charge in [0.05, 0.1) is 18.8 Å². The van der Waals surface area contributed by atoms with Crippen LogP contribution in [0.25, 0.3) is 5.65 Å². The average molecular weight is 882 g/mol. The third kappa shape index (κ3) is 12.3. The molecule has 2 aromatic carbocycles. The second-order valence-electron chi connectivity index (χ2n) is 19.8. The van der Waals surface area contributed by atoms with Gasteiger partial charge in [-0.25, -0.2) is 24.2 Å². The van der Waals surface area contributed by atoms with E-state index in [-0.39, 0.29) is 30.9 Å². The maximum atomic E-state index is 14.5. The molecule has 0 bridgehead atoms. The molecule has 64 heavy (non-hydrogen) atoms. The van der Waals surface area contributed by atoms with Crippen LogP contribution >= 0.6 is 0 Å². The predicted molar refractivity (Wildman–Crippen MR) is 246 cm³/mol. The van der Waals surface area contributed by atoms with E-state index in [2.05, 4.69) is 22.3 Å². The Bertz CT molecular complexity index is 2400. The van der Waals surface area contributed by atoms with Crippen LogP contribution in [0.15, 0.2) is 67.4 Å². The monoisotopic (exact) mass is 881 g/mol. The molecule has 0 unspecified atom stereocenters. The molecule has 5 amide bonds. The molecular weight excluding hydrogens is 819 g/mol. The van der Waals surface area contributed by atoms with Gasteiger partial charge >= 0.3 is 18.3 Å². The summed E-state index contributed by atoms with van der Waals surface area (Å²) < 4.78 is 19.3. The number of aromatic nitrogens is 4. The maximum absolute atomic E-state index is 14.5. The van der Waals surface area contributed by atoms with Crippen molar-refractivity contribution in [3.05, 3.63) is 84.1 Å². The molecule has 17 nitrogen and oxygen atoms in total. The van der Waals surface area contributed by atoms with Gasteiger partial charge in [-0.05, 0) is 137 Å². The lowest BCUT2D eigenvalue weighted by molar-refractivity contribution is -0.111. The summed E-state index contributed by atoms with van der Waals surface area (Å²) in [6.45, 7) is 27.2. The van der Waals surface area contributed by atoms with Gasteiger partial charge in [-0.15, -0.1) is 0 Å². The third-order valence-electron chi connectivity index (χ3n) is 9.95. The van der Waals surface area contributed by atoms with Crippen molar-refractivity contribution in [1.82, 2.24) is 24.5 Å². The highest BCUT2D eigenvalue weighted by Crippen LogP contribution is 2.35. The molecule has 1 aliphatic heterocycles. The zero-order valence-corrected chi connectivity index (χ0v) is 39.4. The van der Waals surface area contributed by atoms with Crippen LogP contribution in [-0.4, -0.2) is 89.5 Å². The Balaban J connectivity index is 1.63. The first-order valence-electron chi connectivity index (χ1n) is 21.4. The Morgan fingerprint density at radius 1 is 0.859 bits per heavy atom. The van der Waals surface area contributed by atoms with Gasteiger partial charge in [-0.2, -0.15) is 19.6 Å². The van der Waals surface area contributed by atoms with Crippen LogP contribution in [-0.2, 0) is 25.5 Å². The quantitative estimate of drug-likeness (QED) is 0.114. The lowest BCUT2D eigenvalue weighted by Crippen LogP contribution is -2.60. The number of likely N-dealkylation sites (tertiary alicyclic amines) is 1. The molecule has 1 fully saturated rings. The summed E-state index contributed by atoms with van der Waals surface area (Å²) in [5.74, 6) is -1.02. The molecular formula is C47H63N9O8. The number of fused-ring (bicyclic) bond motifs is 1. The second-order valence-corrected chi connectivity index (χ2v) is 19.8. The largest absolute Gasteiger partial charge is 0.444 e. The highest BCUT2D eigenvalue weighted by molar-refractivity contribution is 6.06. The van der Waals surface area contributed by atoms with Crippen molar-refractivity contribution >= 4 is 59.0 Å². The average Bonchev–Trinajstić information content (AvgIpc) is 3.60. The van der Waals surface area contributed by atoms with Crippen LogP contribution < -0.4 is 20.4 Å². The van der Waals surface area contributed by atoms with E-state index in [4.69, 9.17) is 24.2 Å². The molecule has 344 valence electrons. The number of nitrogens with zero attached hydrogens (tertiary/aromatic N) is 7. The maximum Gasteiger partial charge on any atom is 0.417 e. The molecule has 0 radical (unpaired) electrons. The zero-order chi connectivity index (χ0) is 47.5. The molecule has 2 aromatic heterocycles. The molecule has 1 aliphatic rings. The zero-order valence-electron chi connectivity index (χ0n) is 39.4. The fraction of sp³-hybridized carbons (Fsp3) is 0.489. The molecule has 4 aromatic rings. The Labute approximate surface area is 375 Å². The van der Waals surface area contributed by atoms with E-state index in [1.807, 2.05) is 27.7 Å². The van der Waals surface area contributed by atoms with Gasteiger partial charge in [-0.1, -0.05) is 38.6 Å². The predicted octanol–water partition coefficient (Wildman–Crippen LogP) is 9.49. The van der Waals surface area contributed by atoms with E-state index in [1.54, 1.807) is 122 Å². The number of piperidine rings is 1. The number of anilines is 4. The summed E-state index contributed by atoms with van der Waals surface area (Å²) in [6, 6.07) is 12.7. The Hall–Kier alpha value is -6.52. The molecule has 1 atom stereocenters. The fourth-order valence-electron chi connectivity index (χ4n) is 6.92. The number of hydrogen-bond acceptors (Lipinski definition) is 11. The van der Waals surface area contributed by atoms with Crippen molar-refractivity contribution in [2.75, 3.05) is 27.0 Å². The van der Waals surface area contributed by atoms with E-state index in [9.17, 15) is 24.0 Å². The lowest BCUT2D eigenvalue weighted by Gasteiger charge is -2.47. The smallest absolute Gasteiger partial charge is 0.417 e. The molecule has 0 spiro atoms. The summed E-state index contributed by atoms with van der Waals surface area (Å²) in [5, 5.41) is 10.2. The van der Waals surface area contributed by atoms with E-state index in [0.717, 1.165) is 11.6 Å². The minimum Gasteiger partial charge on any atom is -0.444 e. The number of carbonyl (C=O) groups excluding carboxylic acids is 5. The van der Waals surface area contributed by atoms with Crippen LogP contribution in [0, 0.1) is 0 Å². The van der Waals surface area contributed by atoms with Crippen molar-refractivity contribution in [1.29, 1.82) is 0 Å². The fourth-order valence-corrected chi connectivity index (χ4v) is 6.92. The Morgan fingerprint density at radius 2 is 1.47 bits per heavy atom. The third-order valence-corrected chi connectivity index (χ3v) is 9.95. The van der Waals surface area contributed by atoms with Crippen molar-refractivity contribution in [2.24, 2.45) is 0 Å². The van der Waals surface area contributed by atoms with Crippen LogP contribution in [0.5, 0.6) is 0 Å². The van der Waals surface area contributed by atoms with Crippen LogP contribution in [0.2, 0.25) is 0 Å². The first-order chi connectivity index (χ1) is 29.6. The minimum atomic E-state index is -0.935. The first kappa shape index (κ1) is 48.5. The van der Waals surface area contributed by atoms with Crippen molar-refractivity contribution in [3.63, 3.8) is 0 Å². The van der Waals surface area contributed by atoms with E-state index < -0.39 is 58.5 Å². The SMILES string of the molecule is C=CC(=O)Nc1cccc(C(=O)Nc2cccc(CN(C(=O)OC(C)(C)C)c3nc(N(C(=O)OC(C)(C)C)[C@H]4CCC(C)(C)N(C(=O)OC(C)(C)C)C4)nc4c(C(C)C)cnn34)c2)c1. The number of hydrogen-bond donors (Lipinski definition) is 2. The molecule has 3 heterocycles.